The van der Waals surface area contributed by atoms with Gasteiger partial charge in [-0.2, -0.15) is 0 Å². The van der Waals surface area contributed by atoms with E-state index in [9.17, 15) is 4.79 Å². The van der Waals surface area contributed by atoms with Gasteiger partial charge in [-0.15, -0.1) is 0 Å². The summed E-state index contributed by atoms with van der Waals surface area (Å²) in [6.45, 7) is 3.55. The molecule has 0 fully saturated rings. The van der Waals surface area contributed by atoms with E-state index in [1.54, 1.807) is 18.0 Å². The Labute approximate surface area is 66.5 Å². The van der Waals surface area contributed by atoms with E-state index in [1.165, 1.54) is 0 Å². The molecule has 0 saturated carbocycles. The van der Waals surface area contributed by atoms with Crippen LogP contribution in [0.3, 0.4) is 0 Å². The van der Waals surface area contributed by atoms with Gasteiger partial charge in [0, 0.05) is 19.2 Å². The summed E-state index contributed by atoms with van der Waals surface area (Å²) < 4.78 is 0. The first-order valence-electron chi connectivity index (χ1n) is 3.51. The van der Waals surface area contributed by atoms with Gasteiger partial charge in [0.2, 0.25) is 5.91 Å². The normalized spacial score (nSPS) is 17.7. The average Bonchev–Trinajstić information content (AvgIpc) is 2.31. The predicted molar refractivity (Wildman–Crippen MR) is 44.8 cm³/mol. The maximum absolute atomic E-state index is 11.0. The number of carbonyl (C=O) groups is 1. The molecule has 0 aromatic heterocycles. The Morgan fingerprint density at radius 2 is 2.45 bits per heavy atom. The van der Waals surface area contributed by atoms with Crippen LogP contribution in [0.4, 0.5) is 0 Å². The zero-order valence-corrected chi connectivity index (χ0v) is 6.58. The molecule has 0 aromatic rings. The summed E-state index contributed by atoms with van der Waals surface area (Å²) in [6, 6.07) is 0. The van der Waals surface area contributed by atoms with Gasteiger partial charge >= 0.3 is 0 Å². The Hall–Kier alpha value is -1.31. The SMILES string of the molecule is C=CC=CC1=CCC(=O)N1C. The quantitative estimate of drug-likeness (QED) is 0.544. The van der Waals surface area contributed by atoms with E-state index >= 15 is 0 Å². The Kier molecular flexibility index (Phi) is 2.26. The topological polar surface area (TPSA) is 20.3 Å². The highest BCUT2D eigenvalue weighted by atomic mass is 16.2. The lowest BCUT2D eigenvalue weighted by Gasteiger charge is -2.09. The zero-order valence-electron chi connectivity index (χ0n) is 6.58. The first-order valence-corrected chi connectivity index (χ1v) is 3.51. The predicted octanol–water partition coefficient (Wildman–Crippen LogP) is 1.47. The summed E-state index contributed by atoms with van der Waals surface area (Å²) in [5, 5.41) is 0. The third-order valence-corrected chi connectivity index (χ3v) is 1.65. The lowest BCUT2D eigenvalue weighted by atomic mass is 10.3. The van der Waals surface area contributed by atoms with Gasteiger partial charge in [0.15, 0.2) is 0 Å². The first-order chi connectivity index (χ1) is 5.25. The van der Waals surface area contributed by atoms with Crippen LogP contribution in [0.1, 0.15) is 6.42 Å². The molecular weight excluding hydrogens is 138 g/mol. The highest BCUT2D eigenvalue weighted by Crippen LogP contribution is 2.14. The Balaban J connectivity index is 2.67. The van der Waals surface area contributed by atoms with Crippen molar-refractivity contribution in [3.05, 3.63) is 36.6 Å². The number of nitrogens with zero attached hydrogens (tertiary/aromatic N) is 1. The van der Waals surface area contributed by atoms with Crippen LogP contribution in [0.2, 0.25) is 0 Å². The Morgan fingerprint density at radius 1 is 1.73 bits per heavy atom. The van der Waals surface area contributed by atoms with Crippen molar-refractivity contribution in [3.8, 4) is 0 Å². The summed E-state index contributed by atoms with van der Waals surface area (Å²) in [7, 11) is 1.77. The third kappa shape index (κ3) is 1.58. The fourth-order valence-electron chi connectivity index (χ4n) is 0.956. The minimum atomic E-state index is 0.147. The molecular formula is C9H11NO. The van der Waals surface area contributed by atoms with Gasteiger partial charge in [0.25, 0.3) is 0 Å². The number of carbonyl (C=O) groups excluding carboxylic acids is 1. The summed E-state index contributed by atoms with van der Waals surface area (Å²) in [4.78, 5) is 12.6. The minimum Gasteiger partial charge on any atom is -0.316 e. The van der Waals surface area contributed by atoms with Gasteiger partial charge in [-0.05, 0) is 6.08 Å². The van der Waals surface area contributed by atoms with Crippen molar-refractivity contribution >= 4 is 5.91 Å². The highest BCUT2D eigenvalue weighted by Gasteiger charge is 2.16. The van der Waals surface area contributed by atoms with Gasteiger partial charge in [-0.1, -0.05) is 24.8 Å². The lowest BCUT2D eigenvalue weighted by molar-refractivity contribution is -0.125. The lowest BCUT2D eigenvalue weighted by Crippen LogP contribution is -2.18. The van der Waals surface area contributed by atoms with Crippen LogP contribution < -0.4 is 0 Å². The van der Waals surface area contributed by atoms with Crippen LogP contribution >= 0.6 is 0 Å². The van der Waals surface area contributed by atoms with Crippen molar-refractivity contribution < 1.29 is 4.79 Å². The molecule has 1 amide bonds. The molecule has 0 bridgehead atoms. The van der Waals surface area contributed by atoms with Crippen molar-refractivity contribution in [2.45, 2.75) is 6.42 Å². The molecule has 0 atom stereocenters. The zero-order chi connectivity index (χ0) is 8.27. The molecule has 2 nitrogen and oxygen atoms in total. The maximum atomic E-state index is 11.0. The fraction of sp³-hybridized carbons (Fsp3) is 0.222. The van der Waals surface area contributed by atoms with E-state index in [4.69, 9.17) is 0 Å². The van der Waals surface area contributed by atoms with Gasteiger partial charge in [0.1, 0.15) is 0 Å². The van der Waals surface area contributed by atoms with Crippen molar-refractivity contribution in [3.63, 3.8) is 0 Å². The van der Waals surface area contributed by atoms with E-state index in [0.717, 1.165) is 5.70 Å². The molecule has 1 aliphatic rings. The minimum absolute atomic E-state index is 0.147. The first kappa shape index (κ1) is 7.79. The molecule has 2 heteroatoms. The van der Waals surface area contributed by atoms with Crippen LogP contribution in [0.5, 0.6) is 0 Å². The van der Waals surface area contributed by atoms with Gasteiger partial charge in [-0.25, -0.2) is 0 Å². The van der Waals surface area contributed by atoms with Crippen LogP contribution in [-0.4, -0.2) is 17.9 Å². The molecule has 0 radical (unpaired) electrons. The Bertz CT molecular complexity index is 238. The standard InChI is InChI=1S/C9H11NO/c1-3-4-5-8-6-7-9(11)10(8)2/h3-6H,1,7H2,2H3. The smallest absolute Gasteiger partial charge is 0.230 e. The van der Waals surface area contributed by atoms with E-state index in [2.05, 4.69) is 6.58 Å². The molecule has 1 heterocycles. The number of allylic oxidation sites excluding steroid dienone is 3. The number of amides is 1. The molecule has 58 valence electrons. The van der Waals surface area contributed by atoms with Gasteiger partial charge in [-0.3, -0.25) is 4.79 Å². The summed E-state index contributed by atoms with van der Waals surface area (Å²) in [5.74, 6) is 0.147. The van der Waals surface area contributed by atoms with E-state index in [0.29, 0.717) is 6.42 Å². The second-order valence-electron chi connectivity index (χ2n) is 2.38. The Morgan fingerprint density at radius 3 is 2.91 bits per heavy atom. The van der Waals surface area contributed by atoms with Crippen molar-refractivity contribution in [2.24, 2.45) is 0 Å². The molecule has 0 unspecified atom stereocenters. The average molecular weight is 149 g/mol. The van der Waals surface area contributed by atoms with E-state index < -0.39 is 0 Å². The van der Waals surface area contributed by atoms with Gasteiger partial charge < -0.3 is 4.90 Å². The van der Waals surface area contributed by atoms with Crippen molar-refractivity contribution in [1.82, 2.24) is 4.90 Å². The largest absolute Gasteiger partial charge is 0.316 e. The number of rotatable bonds is 2. The summed E-state index contributed by atoms with van der Waals surface area (Å²) in [5.41, 5.74) is 0.954. The fourth-order valence-corrected chi connectivity index (χ4v) is 0.956. The van der Waals surface area contributed by atoms with Crippen molar-refractivity contribution in [1.29, 1.82) is 0 Å². The second-order valence-corrected chi connectivity index (χ2v) is 2.38. The van der Waals surface area contributed by atoms with Crippen LogP contribution in [-0.2, 0) is 4.79 Å². The summed E-state index contributed by atoms with van der Waals surface area (Å²) >= 11 is 0. The van der Waals surface area contributed by atoms with Crippen LogP contribution in [0, 0.1) is 0 Å². The monoisotopic (exact) mass is 149 g/mol. The number of hydrogen-bond donors (Lipinski definition) is 0. The molecule has 0 saturated heterocycles. The van der Waals surface area contributed by atoms with Crippen molar-refractivity contribution in [2.75, 3.05) is 7.05 Å². The second kappa shape index (κ2) is 3.19. The van der Waals surface area contributed by atoms with E-state index in [-0.39, 0.29) is 5.91 Å². The van der Waals surface area contributed by atoms with Crippen LogP contribution in [0.15, 0.2) is 36.6 Å². The molecule has 0 spiro atoms. The molecule has 0 aromatic carbocycles. The van der Waals surface area contributed by atoms with E-state index in [1.807, 2.05) is 18.2 Å². The number of likely N-dealkylation sites (N-methyl/N-ethyl adjacent to an activating group) is 1. The highest BCUT2D eigenvalue weighted by molar-refractivity contribution is 5.83. The summed E-state index contributed by atoms with van der Waals surface area (Å²) in [6.07, 6.45) is 7.81. The van der Waals surface area contributed by atoms with Crippen LogP contribution in [0.25, 0.3) is 0 Å². The van der Waals surface area contributed by atoms with Gasteiger partial charge in [0.05, 0.1) is 0 Å². The third-order valence-electron chi connectivity index (χ3n) is 1.65. The maximum Gasteiger partial charge on any atom is 0.230 e. The molecule has 0 aliphatic carbocycles. The number of hydrogen-bond acceptors (Lipinski definition) is 1. The molecule has 0 N–H and O–H groups in total. The molecule has 1 aliphatic heterocycles. The molecule has 11 heavy (non-hydrogen) atoms. The molecule has 1 rings (SSSR count).